The topological polar surface area (TPSA) is 37.9 Å². The zero-order valence-electron chi connectivity index (χ0n) is 13.3. The molecule has 0 aliphatic rings. The van der Waals surface area contributed by atoms with Crippen LogP contribution in [-0.4, -0.2) is 17.1 Å². The lowest BCUT2D eigenvalue weighted by molar-refractivity contribution is 0.414. The Labute approximate surface area is 141 Å². The third kappa shape index (κ3) is 3.96. The first-order valence-electron chi connectivity index (χ1n) is 7.62. The van der Waals surface area contributed by atoms with Gasteiger partial charge in [-0.15, -0.1) is 0 Å². The van der Waals surface area contributed by atoms with Gasteiger partial charge in [-0.2, -0.15) is 0 Å². The van der Waals surface area contributed by atoms with Crippen LogP contribution in [0.3, 0.4) is 0 Å². The number of rotatable bonds is 6. The van der Waals surface area contributed by atoms with Crippen LogP contribution < -0.4 is 4.74 Å². The van der Waals surface area contributed by atoms with Crippen molar-refractivity contribution in [2.75, 3.05) is 7.11 Å². The summed E-state index contributed by atoms with van der Waals surface area (Å²) in [5.41, 5.74) is 3.70. The van der Waals surface area contributed by atoms with E-state index in [1.165, 1.54) is 11.1 Å². The Hall–Kier alpha value is -2.20. The van der Waals surface area contributed by atoms with E-state index in [1.54, 1.807) is 18.9 Å². The van der Waals surface area contributed by atoms with E-state index in [1.807, 2.05) is 24.4 Å². The van der Waals surface area contributed by atoms with Crippen molar-refractivity contribution in [2.45, 2.75) is 23.8 Å². The van der Waals surface area contributed by atoms with Gasteiger partial charge in [0.1, 0.15) is 5.75 Å². The minimum Gasteiger partial charge on any atom is -0.497 e. The number of ether oxygens (including phenoxy) is 1. The Bertz CT molecular complexity index is 738. The molecule has 1 N–H and O–H groups in total. The van der Waals surface area contributed by atoms with E-state index in [4.69, 9.17) is 4.74 Å². The average molecular weight is 324 g/mol. The highest BCUT2D eigenvalue weighted by atomic mass is 32.2. The minimum atomic E-state index is 0.319. The van der Waals surface area contributed by atoms with Crippen LogP contribution in [0.15, 0.2) is 66.0 Å². The molecule has 23 heavy (non-hydrogen) atoms. The molecule has 118 valence electrons. The summed E-state index contributed by atoms with van der Waals surface area (Å²) in [6, 6.07) is 18.6. The van der Waals surface area contributed by atoms with Crippen LogP contribution in [0.2, 0.25) is 0 Å². The van der Waals surface area contributed by atoms with Crippen molar-refractivity contribution in [3.05, 3.63) is 77.6 Å². The molecular formula is C19H20N2OS. The summed E-state index contributed by atoms with van der Waals surface area (Å²) in [5.74, 6) is 2.09. The first-order valence-corrected chi connectivity index (χ1v) is 8.60. The van der Waals surface area contributed by atoms with Gasteiger partial charge in [-0.25, -0.2) is 4.98 Å². The van der Waals surface area contributed by atoms with E-state index in [2.05, 4.69) is 53.3 Å². The number of imidazole rings is 1. The molecule has 1 aromatic heterocycles. The summed E-state index contributed by atoms with van der Waals surface area (Å²) < 4.78 is 5.18. The Balaban J connectivity index is 1.62. The summed E-state index contributed by atoms with van der Waals surface area (Å²) in [6.45, 7) is 2.20. The van der Waals surface area contributed by atoms with Crippen LogP contribution >= 0.6 is 11.8 Å². The average Bonchev–Trinajstić information content (AvgIpc) is 3.09. The number of H-pyrrole nitrogens is 1. The second-order valence-corrected chi connectivity index (χ2v) is 6.38. The molecule has 3 nitrogen and oxygen atoms in total. The third-order valence-corrected chi connectivity index (χ3v) is 4.83. The number of methoxy groups -OCH3 is 1. The van der Waals surface area contributed by atoms with Crippen molar-refractivity contribution >= 4 is 11.8 Å². The summed E-state index contributed by atoms with van der Waals surface area (Å²) in [5, 5.41) is 0.957. The molecule has 1 atom stereocenters. The van der Waals surface area contributed by atoms with E-state index in [-0.39, 0.29) is 0 Å². The van der Waals surface area contributed by atoms with Crippen molar-refractivity contribution in [3.8, 4) is 5.75 Å². The lowest BCUT2D eigenvalue weighted by Gasteiger charge is -2.09. The Morgan fingerprint density at radius 3 is 2.52 bits per heavy atom. The molecule has 0 bridgehead atoms. The zero-order chi connectivity index (χ0) is 16.1. The fraction of sp³-hybridized carbons (Fsp3) is 0.211. The molecule has 0 aliphatic heterocycles. The second kappa shape index (κ2) is 7.38. The van der Waals surface area contributed by atoms with Gasteiger partial charge in [0.15, 0.2) is 5.16 Å². The maximum Gasteiger partial charge on any atom is 0.165 e. The number of benzene rings is 2. The van der Waals surface area contributed by atoms with Crippen molar-refractivity contribution < 1.29 is 4.74 Å². The second-order valence-electron chi connectivity index (χ2n) is 5.41. The highest BCUT2D eigenvalue weighted by Crippen LogP contribution is 2.26. The quantitative estimate of drug-likeness (QED) is 0.658. The van der Waals surface area contributed by atoms with Crippen LogP contribution in [-0.2, 0) is 5.75 Å². The molecule has 0 saturated carbocycles. The van der Waals surface area contributed by atoms with E-state index in [9.17, 15) is 0 Å². The fourth-order valence-electron chi connectivity index (χ4n) is 2.40. The predicted molar refractivity (Wildman–Crippen MR) is 95.1 cm³/mol. The van der Waals surface area contributed by atoms with Gasteiger partial charge in [0.2, 0.25) is 0 Å². The molecule has 3 rings (SSSR count). The van der Waals surface area contributed by atoms with Crippen LogP contribution in [0.25, 0.3) is 0 Å². The van der Waals surface area contributed by atoms with Crippen molar-refractivity contribution in [2.24, 2.45) is 0 Å². The number of nitrogens with one attached hydrogen (secondary N) is 1. The van der Waals surface area contributed by atoms with Gasteiger partial charge in [-0.1, -0.05) is 61.2 Å². The molecule has 0 radical (unpaired) electrons. The SMILES string of the molecule is COc1ccc(CSc2ncc(C(C)c3ccccc3)[nH]2)cc1. The van der Waals surface area contributed by atoms with Crippen LogP contribution in [0.4, 0.5) is 0 Å². The lowest BCUT2D eigenvalue weighted by Crippen LogP contribution is -1.95. The number of hydrogen-bond acceptors (Lipinski definition) is 3. The largest absolute Gasteiger partial charge is 0.497 e. The van der Waals surface area contributed by atoms with Crippen molar-refractivity contribution in [1.82, 2.24) is 9.97 Å². The van der Waals surface area contributed by atoms with Gasteiger partial charge in [-0.05, 0) is 23.3 Å². The molecule has 3 aromatic rings. The predicted octanol–water partition coefficient (Wildman–Crippen LogP) is 4.86. The molecule has 4 heteroatoms. The van der Waals surface area contributed by atoms with Gasteiger partial charge in [0.25, 0.3) is 0 Å². The monoisotopic (exact) mass is 324 g/mol. The van der Waals surface area contributed by atoms with Gasteiger partial charge in [-0.3, -0.25) is 0 Å². The highest BCUT2D eigenvalue weighted by Gasteiger charge is 2.11. The van der Waals surface area contributed by atoms with Crippen molar-refractivity contribution in [1.29, 1.82) is 0 Å². The summed E-state index contributed by atoms with van der Waals surface area (Å²) in [7, 11) is 1.68. The molecule has 0 spiro atoms. The first-order chi connectivity index (χ1) is 11.3. The van der Waals surface area contributed by atoms with Gasteiger partial charge >= 0.3 is 0 Å². The zero-order valence-corrected chi connectivity index (χ0v) is 14.1. The number of aromatic amines is 1. The molecular weight excluding hydrogens is 304 g/mol. The van der Waals surface area contributed by atoms with Gasteiger partial charge in [0.05, 0.1) is 7.11 Å². The minimum absolute atomic E-state index is 0.319. The molecule has 0 fully saturated rings. The maximum absolute atomic E-state index is 5.18. The van der Waals surface area contributed by atoms with E-state index in [0.717, 1.165) is 22.4 Å². The van der Waals surface area contributed by atoms with Gasteiger partial charge < -0.3 is 9.72 Å². The summed E-state index contributed by atoms with van der Waals surface area (Å²) in [6.07, 6.45) is 1.94. The van der Waals surface area contributed by atoms with E-state index < -0.39 is 0 Å². The number of aromatic nitrogens is 2. The smallest absolute Gasteiger partial charge is 0.165 e. The lowest BCUT2D eigenvalue weighted by atomic mass is 9.99. The Morgan fingerprint density at radius 2 is 1.83 bits per heavy atom. The van der Waals surface area contributed by atoms with Gasteiger partial charge in [0, 0.05) is 23.6 Å². The fourth-order valence-corrected chi connectivity index (χ4v) is 3.22. The molecule has 0 amide bonds. The third-order valence-electron chi connectivity index (χ3n) is 3.87. The molecule has 0 saturated heterocycles. The Morgan fingerprint density at radius 1 is 1.09 bits per heavy atom. The summed E-state index contributed by atoms with van der Waals surface area (Å²) >= 11 is 1.71. The number of nitrogens with zero attached hydrogens (tertiary/aromatic N) is 1. The summed E-state index contributed by atoms with van der Waals surface area (Å²) in [4.78, 5) is 7.93. The normalized spacial score (nSPS) is 12.1. The van der Waals surface area contributed by atoms with Crippen LogP contribution in [0.1, 0.15) is 29.7 Å². The molecule has 1 heterocycles. The van der Waals surface area contributed by atoms with Crippen LogP contribution in [0, 0.1) is 0 Å². The molecule has 0 aliphatic carbocycles. The first kappa shape index (κ1) is 15.7. The van der Waals surface area contributed by atoms with Crippen LogP contribution in [0.5, 0.6) is 5.75 Å². The standard InChI is InChI=1S/C19H20N2OS/c1-14(16-6-4-3-5-7-16)18-12-20-19(21-18)23-13-15-8-10-17(22-2)11-9-15/h3-12,14H,13H2,1-2H3,(H,20,21). The Kier molecular flexibility index (Phi) is 5.03. The highest BCUT2D eigenvalue weighted by molar-refractivity contribution is 7.98. The molecule has 2 aromatic carbocycles. The number of hydrogen-bond donors (Lipinski definition) is 1. The van der Waals surface area contributed by atoms with E-state index >= 15 is 0 Å². The molecule has 1 unspecified atom stereocenters. The van der Waals surface area contributed by atoms with Crippen molar-refractivity contribution in [3.63, 3.8) is 0 Å². The maximum atomic E-state index is 5.18. The van der Waals surface area contributed by atoms with E-state index in [0.29, 0.717) is 5.92 Å². The number of thioether (sulfide) groups is 1.